The fourth-order valence-corrected chi connectivity index (χ4v) is 3.07. The van der Waals surface area contributed by atoms with E-state index in [0.29, 0.717) is 20.6 Å². The van der Waals surface area contributed by atoms with Gasteiger partial charge in [-0.05, 0) is 70.6 Å². The zero-order chi connectivity index (χ0) is 21.4. The Morgan fingerprint density at radius 1 is 1.21 bits per heavy atom. The van der Waals surface area contributed by atoms with Crippen molar-refractivity contribution in [1.29, 1.82) is 5.26 Å². The molecule has 0 unspecified atom stereocenters. The minimum Gasteiger partial charge on any atom is -0.497 e. The molecule has 2 N–H and O–H groups in total. The second kappa shape index (κ2) is 10.3. The smallest absolute Gasteiger partial charge is 0.341 e. The topological polar surface area (TPSA) is 118 Å². The molecule has 2 aromatic rings. The van der Waals surface area contributed by atoms with Crippen LogP contribution in [-0.4, -0.2) is 37.8 Å². The highest BCUT2D eigenvalue weighted by molar-refractivity contribution is 14.1. The van der Waals surface area contributed by atoms with E-state index in [1.54, 1.807) is 36.4 Å². The fraction of sp³-hybridized carbons (Fsp3) is 0.150. The minimum atomic E-state index is -1.12. The number of nitrogens with zero attached hydrogens (tertiary/aromatic N) is 1. The van der Waals surface area contributed by atoms with Gasteiger partial charge < -0.3 is 24.6 Å². The molecule has 0 saturated carbocycles. The highest BCUT2D eigenvalue weighted by atomic mass is 127. The molecule has 9 heteroatoms. The van der Waals surface area contributed by atoms with E-state index in [9.17, 15) is 14.9 Å². The summed E-state index contributed by atoms with van der Waals surface area (Å²) in [4.78, 5) is 23.2. The van der Waals surface area contributed by atoms with Crippen molar-refractivity contribution in [3.8, 4) is 23.3 Å². The summed E-state index contributed by atoms with van der Waals surface area (Å²) in [5.74, 6) is -0.483. The first-order chi connectivity index (χ1) is 13.9. The number of benzene rings is 2. The number of aliphatic carboxylic acids is 1. The van der Waals surface area contributed by atoms with Gasteiger partial charge in [0, 0.05) is 5.69 Å². The van der Waals surface area contributed by atoms with E-state index in [1.807, 2.05) is 28.7 Å². The van der Waals surface area contributed by atoms with Gasteiger partial charge in [0.25, 0.3) is 5.91 Å². The number of halogens is 1. The summed E-state index contributed by atoms with van der Waals surface area (Å²) in [6, 6.07) is 11.8. The van der Waals surface area contributed by atoms with Crippen LogP contribution in [0.25, 0.3) is 6.08 Å². The van der Waals surface area contributed by atoms with Crippen LogP contribution in [0.15, 0.2) is 42.0 Å². The Bertz CT molecular complexity index is 980. The van der Waals surface area contributed by atoms with Crippen LogP contribution in [0.1, 0.15) is 5.56 Å². The molecule has 0 heterocycles. The second-order valence-electron chi connectivity index (χ2n) is 5.57. The SMILES string of the molecule is COc1ccc(NC(=O)/C(C#N)=C\c2cc(I)c(OCC(=O)O)c(OC)c2)cc1. The maximum atomic E-state index is 12.4. The van der Waals surface area contributed by atoms with Gasteiger partial charge in [-0.1, -0.05) is 0 Å². The van der Waals surface area contributed by atoms with Gasteiger partial charge in [0.15, 0.2) is 18.1 Å². The summed E-state index contributed by atoms with van der Waals surface area (Å²) in [5.41, 5.74) is 0.926. The first kappa shape index (κ1) is 22.0. The van der Waals surface area contributed by atoms with E-state index in [2.05, 4.69) is 5.32 Å². The number of nitriles is 1. The summed E-state index contributed by atoms with van der Waals surface area (Å²) in [7, 11) is 2.95. The van der Waals surface area contributed by atoms with Crippen molar-refractivity contribution in [1.82, 2.24) is 0 Å². The van der Waals surface area contributed by atoms with Gasteiger partial charge in [-0.15, -0.1) is 0 Å². The van der Waals surface area contributed by atoms with Crippen molar-refractivity contribution in [3.63, 3.8) is 0 Å². The molecular formula is C20H17IN2O6. The molecule has 2 rings (SSSR count). The Labute approximate surface area is 180 Å². The number of ether oxygens (including phenoxy) is 3. The summed E-state index contributed by atoms with van der Waals surface area (Å²) < 4.78 is 16.1. The number of amides is 1. The average molecular weight is 508 g/mol. The summed E-state index contributed by atoms with van der Waals surface area (Å²) in [5, 5.41) is 20.8. The van der Waals surface area contributed by atoms with Crippen LogP contribution >= 0.6 is 22.6 Å². The van der Waals surface area contributed by atoms with Gasteiger partial charge in [-0.2, -0.15) is 5.26 Å². The van der Waals surface area contributed by atoms with Crippen LogP contribution in [-0.2, 0) is 9.59 Å². The molecule has 150 valence electrons. The van der Waals surface area contributed by atoms with E-state index < -0.39 is 18.5 Å². The molecular weight excluding hydrogens is 491 g/mol. The molecule has 0 saturated heterocycles. The Morgan fingerprint density at radius 2 is 1.90 bits per heavy atom. The normalized spacial score (nSPS) is 10.6. The van der Waals surface area contributed by atoms with Gasteiger partial charge in [0.1, 0.15) is 17.4 Å². The maximum Gasteiger partial charge on any atom is 0.341 e. The third-order valence-corrected chi connectivity index (χ3v) is 4.42. The van der Waals surface area contributed by atoms with Crippen LogP contribution in [0, 0.1) is 14.9 Å². The molecule has 29 heavy (non-hydrogen) atoms. The van der Waals surface area contributed by atoms with Gasteiger partial charge in [-0.25, -0.2) is 4.79 Å². The number of hydrogen-bond acceptors (Lipinski definition) is 6. The molecule has 1 amide bonds. The average Bonchev–Trinajstić information content (AvgIpc) is 2.71. The molecule has 0 fully saturated rings. The molecule has 0 atom stereocenters. The number of methoxy groups -OCH3 is 2. The zero-order valence-electron chi connectivity index (χ0n) is 15.6. The molecule has 0 aliphatic heterocycles. The molecule has 0 bridgehead atoms. The highest BCUT2D eigenvalue weighted by Crippen LogP contribution is 2.34. The standard InChI is InChI=1S/C20H17IN2O6/c1-27-15-5-3-14(4-6-15)23-20(26)13(10-22)7-12-8-16(21)19(17(9-12)28-2)29-11-18(24)25/h3-9H,11H2,1-2H3,(H,23,26)(H,24,25)/b13-7-. The lowest BCUT2D eigenvalue weighted by atomic mass is 10.1. The van der Waals surface area contributed by atoms with Crippen LogP contribution < -0.4 is 19.5 Å². The van der Waals surface area contributed by atoms with Crippen molar-refractivity contribution >= 4 is 46.2 Å². The Hall–Kier alpha value is -3.26. The van der Waals surface area contributed by atoms with E-state index in [0.717, 1.165) is 0 Å². The fourth-order valence-electron chi connectivity index (χ4n) is 2.29. The van der Waals surface area contributed by atoms with E-state index in [4.69, 9.17) is 19.3 Å². The van der Waals surface area contributed by atoms with Gasteiger partial charge >= 0.3 is 5.97 Å². The lowest BCUT2D eigenvalue weighted by molar-refractivity contribution is -0.139. The largest absolute Gasteiger partial charge is 0.497 e. The third-order valence-electron chi connectivity index (χ3n) is 3.62. The quantitative estimate of drug-likeness (QED) is 0.319. The number of hydrogen-bond donors (Lipinski definition) is 2. The van der Waals surface area contributed by atoms with Crippen molar-refractivity contribution in [2.45, 2.75) is 0 Å². The van der Waals surface area contributed by atoms with Gasteiger partial charge in [0.2, 0.25) is 0 Å². The predicted molar refractivity (Wildman–Crippen MR) is 114 cm³/mol. The Balaban J connectivity index is 2.26. The summed E-state index contributed by atoms with van der Waals surface area (Å²) >= 11 is 1.96. The molecule has 0 aromatic heterocycles. The number of anilines is 1. The molecule has 8 nitrogen and oxygen atoms in total. The van der Waals surface area contributed by atoms with Crippen LogP contribution in [0.3, 0.4) is 0 Å². The number of carbonyl (C=O) groups is 2. The molecule has 2 aromatic carbocycles. The predicted octanol–water partition coefficient (Wildman–Crippen LogP) is 3.32. The zero-order valence-corrected chi connectivity index (χ0v) is 17.7. The van der Waals surface area contributed by atoms with E-state index >= 15 is 0 Å². The second-order valence-corrected chi connectivity index (χ2v) is 6.73. The number of carboxylic acid groups (broad SMARTS) is 1. The van der Waals surface area contributed by atoms with Crippen LogP contribution in [0.4, 0.5) is 5.69 Å². The third kappa shape index (κ3) is 6.11. The molecule has 0 aliphatic carbocycles. The minimum absolute atomic E-state index is 0.113. The van der Waals surface area contributed by atoms with Crippen LogP contribution in [0.2, 0.25) is 0 Å². The number of nitrogens with one attached hydrogen (secondary N) is 1. The van der Waals surface area contributed by atoms with Gasteiger partial charge in [0.05, 0.1) is 17.8 Å². The monoisotopic (exact) mass is 508 g/mol. The summed E-state index contributed by atoms with van der Waals surface area (Å²) in [6.45, 7) is -0.519. The van der Waals surface area contributed by atoms with Crippen molar-refractivity contribution in [2.24, 2.45) is 0 Å². The number of carboxylic acids is 1. The van der Waals surface area contributed by atoms with Gasteiger partial charge in [-0.3, -0.25) is 4.79 Å². The molecule has 0 spiro atoms. The van der Waals surface area contributed by atoms with Crippen LogP contribution in [0.5, 0.6) is 17.2 Å². The first-order valence-electron chi connectivity index (χ1n) is 8.17. The van der Waals surface area contributed by atoms with Crippen molar-refractivity contribution in [2.75, 3.05) is 26.1 Å². The first-order valence-corrected chi connectivity index (χ1v) is 9.25. The molecule has 0 aliphatic rings. The number of rotatable bonds is 8. The number of carbonyl (C=O) groups excluding carboxylic acids is 1. The van der Waals surface area contributed by atoms with Crippen molar-refractivity contribution in [3.05, 3.63) is 51.1 Å². The van der Waals surface area contributed by atoms with E-state index in [1.165, 1.54) is 20.3 Å². The molecule has 0 radical (unpaired) electrons. The van der Waals surface area contributed by atoms with Crippen molar-refractivity contribution < 1.29 is 28.9 Å². The Kier molecular flexibility index (Phi) is 7.85. The lowest BCUT2D eigenvalue weighted by Crippen LogP contribution is -2.13. The lowest BCUT2D eigenvalue weighted by Gasteiger charge is -2.12. The summed E-state index contributed by atoms with van der Waals surface area (Å²) in [6.07, 6.45) is 1.41. The maximum absolute atomic E-state index is 12.4. The Morgan fingerprint density at radius 3 is 2.45 bits per heavy atom. The van der Waals surface area contributed by atoms with E-state index in [-0.39, 0.29) is 17.1 Å². The highest BCUT2D eigenvalue weighted by Gasteiger charge is 2.15.